The summed E-state index contributed by atoms with van der Waals surface area (Å²) in [6.07, 6.45) is 0. The zero-order valence-corrected chi connectivity index (χ0v) is 10.1. The number of hydrogen-bond acceptors (Lipinski definition) is 2. The van der Waals surface area contributed by atoms with E-state index in [0.29, 0.717) is 12.2 Å². The van der Waals surface area contributed by atoms with E-state index < -0.39 is 0 Å². The minimum absolute atomic E-state index is 0.136. The monoisotopic (exact) mass is 242 g/mol. The maximum atomic E-state index is 11.8. The van der Waals surface area contributed by atoms with E-state index in [1.54, 1.807) is 12.1 Å². The van der Waals surface area contributed by atoms with E-state index in [-0.39, 0.29) is 17.0 Å². The van der Waals surface area contributed by atoms with Gasteiger partial charge in [0.2, 0.25) is 0 Å². The number of pyridine rings is 1. The SMILES string of the molecule is CCNC(=O)c1ccc(-c2ccccc2)[nH]c1=O. The molecule has 92 valence electrons. The second-order valence-electron chi connectivity index (χ2n) is 3.84. The van der Waals surface area contributed by atoms with Gasteiger partial charge in [-0.15, -0.1) is 0 Å². The van der Waals surface area contributed by atoms with Crippen LogP contribution in [0.2, 0.25) is 0 Å². The van der Waals surface area contributed by atoms with Gasteiger partial charge < -0.3 is 10.3 Å². The van der Waals surface area contributed by atoms with E-state index >= 15 is 0 Å². The Kier molecular flexibility index (Phi) is 3.57. The van der Waals surface area contributed by atoms with Gasteiger partial charge in [-0.05, 0) is 24.6 Å². The molecule has 0 fully saturated rings. The number of amides is 1. The lowest BCUT2D eigenvalue weighted by Gasteiger charge is -2.04. The first-order valence-corrected chi connectivity index (χ1v) is 5.79. The van der Waals surface area contributed by atoms with Gasteiger partial charge in [0.15, 0.2) is 0 Å². The van der Waals surface area contributed by atoms with Crippen molar-refractivity contribution in [1.82, 2.24) is 10.3 Å². The van der Waals surface area contributed by atoms with Gasteiger partial charge in [-0.2, -0.15) is 0 Å². The van der Waals surface area contributed by atoms with Crippen molar-refractivity contribution in [3.8, 4) is 11.3 Å². The number of H-pyrrole nitrogens is 1. The third kappa shape index (κ3) is 2.48. The fraction of sp³-hybridized carbons (Fsp3) is 0.143. The van der Waals surface area contributed by atoms with Crippen LogP contribution in [0.25, 0.3) is 11.3 Å². The first-order valence-electron chi connectivity index (χ1n) is 5.79. The zero-order valence-electron chi connectivity index (χ0n) is 10.1. The van der Waals surface area contributed by atoms with Gasteiger partial charge in [0.1, 0.15) is 5.56 Å². The van der Waals surface area contributed by atoms with Crippen molar-refractivity contribution < 1.29 is 4.79 Å². The molecule has 18 heavy (non-hydrogen) atoms. The number of aromatic nitrogens is 1. The molecule has 0 saturated carbocycles. The van der Waals surface area contributed by atoms with E-state index in [1.807, 2.05) is 37.3 Å². The predicted molar refractivity (Wildman–Crippen MR) is 70.5 cm³/mol. The highest BCUT2D eigenvalue weighted by molar-refractivity contribution is 5.94. The highest BCUT2D eigenvalue weighted by Gasteiger charge is 2.09. The lowest BCUT2D eigenvalue weighted by Crippen LogP contribution is -2.29. The molecule has 0 radical (unpaired) electrons. The van der Waals surface area contributed by atoms with Crippen molar-refractivity contribution in [2.75, 3.05) is 6.54 Å². The molecule has 0 aliphatic heterocycles. The Labute approximate surface area is 105 Å². The summed E-state index contributed by atoms with van der Waals surface area (Å²) < 4.78 is 0. The molecule has 2 N–H and O–H groups in total. The van der Waals surface area contributed by atoms with Gasteiger partial charge in [-0.3, -0.25) is 9.59 Å². The second-order valence-corrected chi connectivity index (χ2v) is 3.84. The summed E-state index contributed by atoms with van der Waals surface area (Å²) in [5, 5.41) is 2.60. The number of aromatic amines is 1. The number of rotatable bonds is 3. The summed E-state index contributed by atoms with van der Waals surface area (Å²) in [6.45, 7) is 2.31. The molecule has 4 nitrogen and oxygen atoms in total. The van der Waals surface area contributed by atoms with Gasteiger partial charge in [0.05, 0.1) is 0 Å². The van der Waals surface area contributed by atoms with Crippen LogP contribution in [-0.2, 0) is 0 Å². The summed E-state index contributed by atoms with van der Waals surface area (Å²) in [4.78, 5) is 26.1. The lowest BCUT2D eigenvalue weighted by atomic mass is 10.1. The van der Waals surface area contributed by atoms with Crippen molar-refractivity contribution >= 4 is 5.91 Å². The Hall–Kier alpha value is -2.36. The number of carbonyl (C=O) groups is 1. The third-order valence-electron chi connectivity index (χ3n) is 2.58. The van der Waals surface area contributed by atoms with Crippen molar-refractivity contribution in [3.05, 3.63) is 58.4 Å². The summed E-state index contributed by atoms with van der Waals surface area (Å²) in [7, 11) is 0. The first-order chi connectivity index (χ1) is 8.72. The molecule has 1 amide bonds. The Balaban J connectivity index is 2.37. The van der Waals surface area contributed by atoms with E-state index in [4.69, 9.17) is 0 Å². The molecule has 0 bridgehead atoms. The molecule has 2 aromatic rings. The topological polar surface area (TPSA) is 62.0 Å². The Morgan fingerprint density at radius 3 is 2.50 bits per heavy atom. The van der Waals surface area contributed by atoms with Gasteiger partial charge >= 0.3 is 0 Å². The molecule has 0 aliphatic rings. The Bertz CT molecular complexity index is 603. The van der Waals surface area contributed by atoms with Crippen LogP contribution < -0.4 is 10.9 Å². The summed E-state index contributed by atoms with van der Waals surface area (Å²) in [5.74, 6) is -0.349. The highest BCUT2D eigenvalue weighted by atomic mass is 16.2. The predicted octanol–water partition coefficient (Wildman–Crippen LogP) is 1.79. The van der Waals surface area contributed by atoms with Crippen LogP contribution in [-0.4, -0.2) is 17.4 Å². The Morgan fingerprint density at radius 2 is 1.89 bits per heavy atom. The van der Waals surface area contributed by atoms with Crippen molar-refractivity contribution in [2.45, 2.75) is 6.92 Å². The normalized spacial score (nSPS) is 10.1. The van der Waals surface area contributed by atoms with Gasteiger partial charge in [0, 0.05) is 12.2 Å². The lowest BCUT2D eigenvalue weighted by molar-refractivity contribution is 0.0954. The molecule has 2 rings (SSSR count). The van der Waals surface area contributed by atoms with E-state index in [9.17, 15) is 9.59 Å². The molecule has 0 saturated heterocycles. The van der Waals surface area contributed by atoms with Crippen LogP contribution in [0.3, 0.4) is 0 Å². The number of carbonyl (C=O) groups excluding carboxylic acids is 1. The summed E-state index contributed by atoms with van der Waals surface area (Å²) >= 11 is 0. The molecule has 0 spiro atoms. The Morgan fingerprint density at radius 1 is 1.17 bits per heavy atom. The fourth-order valence-electron chi connectivity index (χ4n) is 1.69. The van der Waals surface area contributed by atoms with Crippen LogP contribution in [0.15, 0.2) is 47.3 Å². The molecule has 4 heteroatoms. The summed E-state index contributed by atoms with van der Waals surface area (Å²) in [6, 6.07) is 12.8. The molecule has 1 heterocycles. The van der Waals surface area contributed by atoms with Crippen LogP contribution in [0, 0.1) is 0 Å². The molecule has 1 aromatic heterocycles. The van der Waals surface area contributed by atoms with Crippen molar-refractivity contribution in [1.29, 1.82) is 0 Å². The van der Waals surface area contributed by atoms with Crippen molar-refractivity contribution in [3.63, 3.8) is 0 Å². The highest BCUT2D eigenvalue weighted by Crippen LogP contribution is 2.14. The number of hydrogen-bond donors (Lipinski definition) is 2. The maximum Gasteiger partial charge on any atom is 0.261 e. The van der Waals surface area contributed by atoms with Crippen LogP contribution >= 0.6 is 0 Å². The summed E-state index contributed by atoms with van der Waals surface area (Å²) in [5.41, 5.74) is 1.38. The zero-order chi connectivity index (χ0) is 13.0. The molecular formula is C14H14N2O2. The molecule has 0 aliphatic carbocycles. The molecular weight excluding hydrogens is 228 g/mol. The average Bonchev–Trinajstić information content (AvgIpc) is 2.40. The quantitative estimate of drug-likeness (QED) is 0.862. The first kappa shape index (κ1) is 12.1. The minimum atomic E-state index is -0.373. The molecule has 1 aromatic carbocycles. The van der Waals surface area contributed by atoms with Crippen LogP contribution in [0.5, 0.6) is 0 Å². The minimum Gasteiger partial charge on any atom is -0.352 e. The molecule has 0 unspecified atom stereocenters. The van der Waals surface area contributed by atoms with Gasteiger partial charge in [0.25, 0.3) is 11.5 Å². The van der Waals surface area contributed by atoms with E-state index in [1.165, 1.54) is 0 Å². The van der Waals surface area contributed by atoms with E-state index in [2.05, 4.69) is 10.3 Å². The van der Waals surface area contributed by atoms with Crippen LogP contribution in [0.4, 0.5) is 0 Å². The van der Waals surface area contributed by atoms with E-state index in [0.717, 1.165) is 5.56 Å². The standard InChI is InChI=1S/C14H14N2O2/c1-2-15-13(17)11-8-9-12(16-14(11)18)10-6-4-3-5-7-10/h3-9H,2H2,1H3,(H,15,17)(H,16,18). The number of nitrogens with one attached hydrogen (secondary N) is 2. The average molecular weight is 242 g/mol. The largest absolute Gasteiger partial charge is 0.352 e. The van der Waals surface area contributed by atoms with Crippen LogP contribution in [0.1, 0.15) is 17.3 Å². The molecule has 0 atom stereocenters. The smallest absolute Gasteiger partial charge is 0.261 e. The fourth-order valence-corrected chi connectivity index (χ4v) is 1.69. The van der Waals surface area contributed by atoms with Crippen molar-refractivity contribution in [2.24, 2.45) is 0 Å². The second kappa shape index (κ2) is 5.31. The third-order valence-corrected chi connectivity index (χ3v) is 2.58. The van der Waals surface area contributed by atoms with Gasteiger partial charge in [-0.1, -0.05) is 30.3 Å². The maximum absolute atomic E-state index is 11.8. The van der Waals surface area contributed by atoms with Gasteiger partial charge in [-0.25, -0.2) is 0 Å². The number of benzene rings is 1.